The summed E-state index contributed by atoms with van der Waals surface area (Å²) in [6, 6.07) is 0. The van der Waals surface area contributed by atoms with Crippen molar-refractivity contribution in [2.75, 3.05) is 37.8 Å². The van der Waals surface area contributed by atoms with Gasteiger partial charge in [0, 0.05) is 37.1 Å². The Balaban J connectivity index is 1.33. The number of rotatable bonds is 32. The smallest absolute Gasteiger partial charge is 0.274 e. The highest BCUT2D eigenvalue weighted by Crippen LogP contribution is 2.56. The third kappa shape index (κ3) is 20.6. The van der Waals surface area contributed by atoms with Gasteiger partial charge in [-0.3, -0.25) is 28.1 Å². The number of aliphatic hydroxyl groups excluding tert-OH is 2. The van der Waals surface area contributed by atoms with Crippen molar-refractivity contribution in [3.05, 3.63) is 24.8 Å². The lowest BCUT2D eigenvalue weighted by Crippen LogP contribution is -2.46. The monoisotopic (exact) mass is 999 g/mol. The zero-order chi connectivity index (χ0) is 48.3. The third-order valence-electron chi connectivity index (χ3n) is 9.88. The van der Waals surface area contributed by atoms with Crippen molar-refractivity contribution in [2.45, 2.75) is 135 Å². The Hall–Kier alpha value is -2.70. The number of ether oxygens (including phenoxy) is 1. The van der Waals surface area contributed by atoms with Crippen molar-refractivity contribution in [1.29, 1.82) is 0 Å². The second kappa shape index (κ2) is 27.3. The topological polar surface area (TPSA) is 375 Å². The van der Waals surface area contributed by atoms with Gasteiger partial charge in [-0.1, -0.05) is 83.2 Å². The average Bonchev–Trinajstić information content (AvgIpc) is 3.79. The van der Waals surface area contributed by atoms with E-state index in [1.807, 2.05) is 0 Å². The molecule has 2 aromatic rings. The van der Waals surface area contributed by atoms with Gasteiger partial charge in [0.05, 0.1) is 27.4 Å². The molecule has 0 spiro atoms. The number of thioether (sulfide) groups is 1. The number of carbonyl (C=O) groups excluding carboxylic acids is 3. The molecule has 3 rings (SSSR count). The molecule has 2 unspecified atom stereocenters. The lowest BCUT2D eigenvalue weighted by atomic mass is 9.87. The molecule has 0 bridgehead atoms. The highest BCUT2D eigenvalue weighted by Gasteiger charge is 2.47. The van der Waals surface area contributed by atoms with Gasteiger partial charge < -0.3 is 69.0 Å². The van der Waals surface area contributed by atoms with Gasteiger partial charge in [-0.05, 0) is 32.1 Å². The number of hydrogen-bond acceptors (Lipinski definition) is 22. The number of unbranched alkanes of at least 4 members (excludes halogenated alkanes) is 9. The Labute approximate surface area is 381 Å². The molecule has 0 aromatic carbocycles. The van der Waals surface area contributed by atoms with E-state index in [4.69, 9.17) is 10.5 Å². The van der Waals surface area contributed by atoms with Crippen LogP contribution < -0.4 is 35.9 Å². The molecule has 0 radical (unpaired) electrons. The summed E-state index contributed by atoms with van der Waals surface area (Å²) >= 11 is 1.13. The zero-order valence-electron chi connectivity index (χ0n) is 36.6. The quantitative estimate of drug-likeness (QED) is 0.0393. The van der Waals surface area contributed by atoms with E-state index in [0.717, 1.165) is 61.1 Å². The van der Waals surface area contributed by atoms with Crippen LogP contribution in [0.2, 0.25) is 0 Å². The average molecular weight is 1000 g/mol. The van der Waals surface area contributed by atoms with Crippen LogP contribution in [0, 0.1) is 5.41 Å². The van der Waals surface area contributed by atoms with Crippen molar-refractivity contribution in [1.82, 2.24) is 30.2 Å². The van der Waals surface area contributed by atoms with Crippen LogP contribution in [0.3, 0.4) is 0 Å². The SMILES string of the molecule is CCCCCCCC/C=C\CCCCCC(=O)SCCNC(=O)CCNC(=O)[C@H](O)C(C)(C)COP(=O)([O-])OP(=O)([O-])OC[C@H]1O[C@@H](n2cnc3c(N)ncnc32)[C@H](O)[C@@H]1OP(=O)([O-])[O-]. The maximum absolute atomic E-state index is 12.6. The molecule has 370 valence electrons. The number of phosphoric acid groups is 3. The number of nitrogens with one attached hydrogen (secondary N) is 2. The molecule has 0 saturated carbocycles. The fourth-order valence-electron chi connectivity index (χ4n) is 6.33. The number of nitrogens with zero attached hydrogens (tertiary/aromatic N) is 4. The Morgan fingerprint density at radius 3 is 2.26 bits per heavy atom. The zero-order valence-corrected chi connectivity index (χ0v) is 40.1. The molecule has 3 heterocycles. The number of hydrogen-bond donors (Lipinski definition) is 5. The van der Waals surface area contributed by atoms with E-state index in [2.05, 4.69) is 62.5 Å². The fourth-order valence-corrected chi connectivity index (χ4v) is 9.79. The van der Waals surface area contributed by atoms with Crippen molar-refractivity contribution in [3.63, 3.8) is 0 Å². The summed E-state index contributed by atoms with van der Waals surface area (Å²) in [5.41, 5.74) is 4.09. The van der Waals surface area contributed by atoms with E-state index in [-0.39, 0.29) is 41.6 Å². The largest absolute Gasteiger partial charge is 0.790 e. The summed E-state index contributed by atoms with van der Waals surface area (Å²) in [7, 11) is -17.6. The predicted molar refractivity (Wildman–Crippen MR) is 228 cm³/mol. The molecule has 1 aliphatic heterocycles. The first-order valence-corrected chi connectivity index (χ1v) is 26.5. The normalized spacial score (nSPS) is 20.4. The molecule has 6 N–H and O–H groups in total. The van der Waals surface area contributed by atoms with Crippen LogP contribution in [0.1, 0.15) is 110 Å². The predicted octanol–water partition coefficient (Wildman–Crippen LogP) is 1.39. The third-order valence-corrected chi connectivity index (χ3v) is 13.8. The minimum Gasteiger partial charge on any atom is -0.790 e. The highest BCUT2D eigenvalue weighted by molar-refractivity contribution is 8.13. The van der Waals surface area contributed by atoms with Crippen LogP contribution in [0.4, 0.5) is 5.82 Å². The number of nitrogens with two attached hydrogens (primary N) is 1. The molecule has 2 amide bonds. The summed E-state index contributed by atoms with van der Waals surface area (Å²) in [4.78, 5) is 96.7. The molecule has 2 aromatic heterocycles. The van der Waals surface area contributed by atoms with Crippen molar-refractivity contribution in [3.8, 4) is 0 Å². The van der Waals surface area contributed by atoms with Crippen LogP contribution >= 0.6 is 35.2 Å². The van der Waals surface area contributed by atoms with E-state index >= 15 is 0 Å². The summed E-state index contributed by atoms with van der Waals surface area (Å²) in [5.74, 6) is -1.15. The van der Waals surface area contributed by atoms with E-state index < -0.39 is 84.6 Å². The lowest BCUT2D eigenvalue weighted by Gasteiger charge is -2.36. The molecule has 28 heteroatoms. The Kier molecular flexibility index (Phi) is 23.8. The van der Waals surface area contributed by atoms with Crippen molar-refractivity contribution in [2.24, 2.45) is 5.41 Å². The fraction of sp³-hybridized carbons (Fsp3) is 0.730. The first kappa shape index (κ1) is 56.6. The Bertz CT molecular complexity index is 2010. The van der Waals surface area contributed by atoms with Crippen LogP contribution in [-0.4, -0.2) is 103 Å². The number of imidazole rings is 1. The first-order chi connectivity index (χ1) is 30.6. The standard InChI is InChI=1S/C37H64N7O17P3S/c1-4-5-6-7-8-9-10-11-12-13-14-15-16-17-28(46)65-21-20-39-27(45)18-19-40-35(49)32(48)37(2,3)23-58-64(55,56)61-63(53,54)57-22-26-31(60-62(50,51)52)30(47)36(59-26)44-25-43-29-33(38)41-24-42-34(29)44/h11-12,24-26,30-32,36,47-48H,4-10,13-23H2,1-3H3,(H,39,45)(H,40,49)(H,53,54)(H,55,56)(H2,38,41,42)(H2,50,51,52)/p-4/b12-11-/t26-,30-,31-,32+,36-/m1/s1. The van der Waals surface area contributed by atoms with Gasteiger partial charge in [0.15, 0.2) is 22.8 Å². The number of amides is 2. The lowest BCUT2D eigenvalue weighted by molar-refractivity contribution is -0.347. The first-order valence-electron chi connectivity index (χ1n) is 21.2. The number of aliphatic hydroxyl groups is 2. The summed E-state index contributed by atoms with van der Waals surface area (Å²) in [6.07, 6.45) is 9.94. The van der Waals surface area contributed by atoms with Gasteiger partial charge in [0.1, 0.15) is 36.3 Å². The van der Waals surface area contributed by atoms with Crippen molar-refractivity contribution < 1.29 is 80.5 Å². The molecule has 65 heavy (non-hydrogen) atoms. The van der Waals surface area contributed by atoms with Crippen LogP contribution in [-0.2, 0) is 50.7 Å². The molecule has 1 fully saturated rings. The number of allylic oxidation sites excluding steroid dienone is 2. The summed E-state index contributed by atoms with van der Waals surface area (Å²) in [6.45, 7) is 2.37. The van der Waals surface area contributed by atoms with Gasteiger partial charge in [-0.25, -0.2) is 19.3 Å². The van der Waals surface area contributed by atoms with E-state index in [9.17, 15) is 57.9 Å². The van der Waals surface area contributed by atoms with Gasteiger partial charge >= 0.3 is 0 Å². The number of anilines is 1. The minimum atomic E-state index is -5.92. The minimum absolute atomic E-state index is 0.0192. The molecule has 24 nitrogen and oxygen atoms in total. The van der Waals surface area contributed by atoms with Crippen LogP contribution in [0.5, 0.6) is 0 Å². The molecule has 1 saturated heterocycles. The number of fused-ring (bicyclic) bond motifs is 1. The van der Waals surface area contributed by atoms with Crippen LogP contribution in [0.25, 0.3) is 11.2 Å². The maximum Gasteiger partial charge on any atom is 0.274 e. The molecular formula is C37H60N7O17P3S-4. The second-order valence-electron chi connectivity index (χ2n) is 15.8. The van der Waals surface area contributed by atoms with E-state index in [1.165, 1.54) is 52.4 Å². The Morgan fingerprint density at radius 1 is 0.938 bits per heavy atom. The number of carbonyl (C=O) groups is 3. The second-order valence-corrected chi connectivity index (χ2v) is 21.0. The van der Waals surface area contributed by atoms with Crippen molar-refractivity contribution >= 4 is 69.1 Å². The van der Waals surface area contributed by atoms with Crippen LogP contribution in [0.15, 0.2) is 24.8 Å². The molecule has 1 aliphatic rings. The number of nitrogen functional groups attached to an aromatic ring is 1. The molecule has 7 atom stereocenters. The number of aromatic nitrogens is 4. The Morgan fingerprint density at radius 2 is 1.58 bits per heavy atom. The van der Waals surface area contributed by atoms with Gasteiger partial charge in [-0.2, -0.15) is 0 Å². The number of phosphoric ester groups is 3. The molecular weight excluding hydrogens is 939 g/mol. The van der Waals surface area contributed by atoms with Gasteiger partial charge in [0.2, 0.25) is 11.8 Å². The summed E-state index contributed by atoms with van der Waals surface area (Å²) < 4.78 is 60.8. The highest BCUT2D eigenvalue weighted by atomic mass is 32.2. The summed E-state index contributed by atoms with van der Waals surface area (Å²) in [5, 5.41) is 26.4. The van der Waals surface area contributed by atoms with Gasteiger partial charge in [0.25, 0.3) is 15.6 Å². The maximum atomic E-state index is 12.6. The molecule has 0 aliphatic carbocycles. The van der Waals surface area contributed by atoms with E-state index in [0.29, 0.717) is 12.2 Å². The van der Waals surface area contributed by atoms with Gasteiger partial charge in [-0.15, -0.1) is 0 Å². The van der Waals surface area contributed by atoms with E-state index in [1.54, 1.807) is 0 Å².